The quantitative estimate of drug-likeness (QED) is 0.656. The summed E-state index contributed by atoms with van der Waals surface area (Å²) in [5.41, 5.74) is 0. The van der Waals surface area contributed by atoms with Gasteiger partial charge in [0.2, 0.25) is 0 Å². The van der Waals surface area contributed by atoms with Crippen LogP contribution in [-0.4, -0.2) is 17.9 Å². The Morgan fingerprint density at radius 2 is 1.50 bits per heavy atom. The minimum Gasteiger partial charge on any atom is -0.463 e. The highest BCUT2D eigenvalue weighted by atomic mass is 16.5. The lowest BCUT2D eigenvalue weighted by Gasteiger charge is -2.21. The second-order valence-electron chi connectivity index (χ2n) is 5.15. The highest BCUT2D eigenvalue weighted by Gasteiger charge is 2.27. The van der Waals surface area contributed by atoms with Crippen molar-refractivity contribution in [3.05, 3.63) is 0 Å². The number of esters is 1. The van der Waals surface area contributed by atoms with Gasteiger partial charge in [0.1, 0.15) is 5.78 Å². The molecule has 0 saturated carbocycles. The Balaban J connectivity index is 4.46. The van der Waals surface area contributed by atoms with Gasteiger partial charge in [-0.15, -0.1) is 0 Å². The highest BCUT2D eigenvalue weighted by Crippen LogP contribution is 2.21. The number of ketones is 1. The van der Waals surface area contributed by atoms with Crippen molar-refractivity contribution in [1.82, 2.24) is 0 Å². The van der Waals surface area contributed by atoms with Crippen LogP contribution >= 0.6 is 0 Å². The van der Waals surface area contributed by atoms with Gasteiger partial charge in [0.05, 0.1) is 12.5 Å². The third-order valence-electron chi connectivity index (χ3n) is 2.49. The monoisotopic (exact) mass is 228 g/mol. The van der Waals surface area contributed by atoms with Gasteiger partial charge in [0.15, 0.2) is 0 Å². The first-order valence-electron chi connectivity index (χ1n) is 5.98. The van der Waals surface area contributed by atoms with Crippen LogP contribution < -0.4 is 0 Å². The van der Waals surface area contributed by atoms with Crippen molar-refractivity contribution in [2.24, 2.45) is 17.8 Å². The van der Waals surface area contributed by atoms with Crippen molar-refractivity contribution < 1.29 is 14.3 Å². The zero-order valence-corrected chi connectivity index (χ0v) is 11.2. The van der Waals surface area contributed by atoms with Crippen LogP contribution in [0.15, 0.2) is 0 Å². The lowest BCUT2D eigenvalue weighted by molar-refractivity contribution is -0.151. The Morgan fingerprint density at radius 1 is 1.00 bits per heavy atom. The Kier molecular flexibility index (Phi) is 6.31. The maximum absolute atomic E-state index is 11.9. The number of hydrogen-bond acceptors (Lipinski definition) is 3. The zero-order valence-electron chi connectivity index (χ0n) is 11.2. The van der Waals surface area contributed by atoms with Gasteiger partial charge < -0.3 is 4.74 Å². The molecule has 0 rings (SSSR count). The molecule has 0 aliphatic rings. The molecule has 1 unspecified atom stereocenters. The Morgan fingerprint density at radius 3 is 1.81 bits per heavy atom. The summed E-state index contributed by atoms with van der Waals surface area (Å²) in [6, 6.07) is 0. The molecule has 3 nitrogen and oxygen atoms in total. The maximum atomic E-state index is 11.9. The number of ether oxygens (including phenoxy) is 1. The summed E-state index contributed by atoms with van der Waals surface area (Å²) in [6.45, 7) is 11.3. The van der Waals surface area contributed by atoms with Gasteiger partial charge in [-0.05, 0) is 19.8 Å². The molecule has 0 radical (unpaired) electrons. The van der Waals surface area contributed by atoms with Crippen LogP contribution in [0.25, 0.3) is 0 Å². The van der Waals surface area contributed by atoms with Crippen LogP contribution in [0.3, 0.4) is 0 Å². The Bertz CT molecular complexity index is 242. The van der Waals surface area contributed by atoms with Crippen LogP contribution in [0.1, 0.15) is 48.0 Å². The van der Waals surface area contributed by atoms with Gasteiger partial charge in [-0.2, -0.15) is 0 Å². The normalized spacial score (nSPS) is 13.3. The van der Waals surface area contributed by atoms with E-state index in [0.717, 1.165) is 0 Å². The van der Waals surface area contributed by atoms with Gasteiger partial charge in [0, 0.05) is 11.8 Å². The van der Waals surface area contributed by atoms with Crippen molar-refractivity contribution in [2.45, 2.75) is 54.1 Å². The van der Waals surface area contributed by atoms with E-state index in [1.54, 1.807) is 0 Å². The standard InChI is InChI=1S/C13H24O3/c1-8(2)11(13(15)9(3)4)7-12(14)16-10(5)6/h8-11H,7H2,1-6H3. The lowest BCUT2D eigenvalue weighted by Crippen LogP contribution is -2.28. The SMILES string of the molecule is CC(C)OC(=O)CC(C(=O)C(C)C)C(C)C. The van der Waals surface area contributed by atoms with E-state index >= 15 is 0 Å². The first-order valence-corrected chi connectivity index (χ1v) is 5.98. The van der Waals surface area contributed by atoms with E-state index in [1.165, 1.54) is 0 Å². The van der Waals surface area contributed by atoms with Crippen molar-refractivity contribution in [1.29, 1.82) is 0 Å². The van der Waals surface area contributed by atoms with E-state index in [2.05, 4.69) is 0 Å². The van der Waals surface area contributed by atoms with E-state index < -0.39 is 0 Å². The van der Waals surface area contributed by atoms with E-state index in [-0.39, 0.29) is 42.0 Å². The van der Waals surface area contributed by atoms with Crippen molar-refractivity contribution in [3.63, 3.8) is 0 Å². The Hall–Kier alpha value is -0.860. The number of rotatable bonds is 6. The molecule has 16 heavy (non-hydrogen) atoms. The van der Waals surface area contributed by atoms with Gasteiger partial charge in [-0.3, -0.25) is 9.59 Å². The summed E-state index contributed by atoms with van der Waals surface area (Å²) in [6.07, 6.45) is 0.0850. The molecule has 0 aliphatic carbocycles. The highest BCUT2D eigenvalue weighted by molar-refractivity contribution is 5.86. The number of Topliss-reactive ketones (excluding diaryl/α,β-unsaturated/α-hetero) is 1. The average molecular weight is 228 g/mol. The van der Waals surface area contributed by atoms with E-state index in [4.69, 9.17) is 4.74 Å². The molecule has 0 N–H and O–H groups in total. The van der Waals surface area contributed by atoms with E-state index in [0.29, 0.717) is 0 Å². The minimum atomic E-state index is -0.275. The predicted octanol–water partition coefficient (Wildman–Crippen LogP) is 2.83. The molecular weight excluding hydrogens is 204 g/mol. The fourth-order valence-corrected chi connectivity index (χ4v) is 1.58. The first-order chi connectivity index (χ1) is 7.25. The molecule has 0 fully saturated rings. The summed E-state index contributed by atoms with van der Waals surface area (Å²) >= 11 is 0. The third kappa shape index (κ3) is 5.29. The van der Waals surface area contributed by atoms with Crippen LogP contribution in [0, 0.1) is 17.8 Å². The van der Waals surface area contributed by atoms with Crippen molar-refractivity contribution in [3.8, 4) is 0 Å². The molecule has 94 valence electrons. The summed E-state index contributed by atoms with van der Waals surface area (Å²) in [5.74, 6) is -0.196. The molecule has 0 aromatic carbocycles. The summed E-state index contributed by atoms with van der Waals surface area (Å²) in [4.78, 5) is 23.4. The van der Waals surface area contributed by atoms with Gasteiger partial charge in [0.25, 0.3) is 0 Å². The molecule has 0 saturated heterocycles. The molecule has 0 heterocycles. The average Bonchev–Trinajstić information content (AvgIpc) is 2.11. The fourth-order valence-electron chi connectivity index (χ4n) is 1.58. The van der Waals surface area contributed by atoms with Gasteiger partial charge >= 0.3 is 5.97 Å². The maximum Gasteiger partial charge on any atom is 0.306 e. The minimum absolute atomic E-state index is 0.0285. The molecule has 0 amide bonds. The summed E-state index contributed by atoms with van der Waals surface area (Å²) < 4.78 is 5.07. The second-order valence-corrected chi connectivity index (χ2v) is 5.15. The fraction of sp³-hybridized carbons (Fsp3) is 0.846. The van der Waals surface area contributed by atoms with E-state index in [1.807, 2.05) is 41.5 Å². The van der Waals surface area contributed by atoms with Crippen LogP contribution in [0.4, 0.5) is 0 Å². The molecule has 0 aliphatic heterocycles. The molecule has 3 heteroatoms. The molecule has 0 aromatic rings. The van der Waals surface area contributed by atoms with Crippen molar-refractivity contribution >= 4 is 11.8 Å². The third-order valence-corrected chi connectivity index (χ3v) is 2.49. The molecule has 0 spiro atoms. The second kappa shape index (κ2) is 6.66. The molecule has 1 atom stereocenters. The predicted molar refractivity (Wildman–Crippen MR) is 64.0 cm³/mol. The van der Waals surface area contributed by atoms with E-state index in [9.17, 15) is 9.59 Å². The largest absolute Gasteiger partial charge is 0.463 e. The summed E-state index contributed by atoms with van der Waals surface area (Å²) in [7, 11) is 0. The molecular formula is C13H24O3. The zero-order chi connectivity index (χ0) is 12.9. The van der Waals surface area contributed by atoms with Crippen LogP contribution in [0.2, 0.25) is 0 Å². The van der Waals surface area contributed by atoms with Crippen molar-refractivity contribution in [2.75, 3.05) is 0 Å². The summed E-state index contributed by atoms with van der Waals surface area (Å²) in [5, 5.41) is 0. The number of carbonyl (C=O) groups is 2. The van der Waals surface area contributed by atoms with Gasteiger partial charge in [-0.1, -0.05) is 27.7 Å². The number of carbonyl (C=O) groups excluding carboxylic acids is 2. The molecule has 0 aromatic heterocycles. The van der Waals surface area contributed by atoms with Crippen LogP contribution in [-0.2, 0) is 14.3 Å². The Labute approximate surface area is 98.6 Å². The number of hydrogen-bond donors (Lipinski definition) is 0. The first kappa shape index (κ1) is 15.1. The van der Waals surface area contributed by atoms with Gasteiger partial charge in [-0.25, -0.2) is 0 Å². The lowest BCUT2D eigenvalue weighted by atomic mass is 9.84. The van der Waals surface area contributed by atoms with Crippen LogP contribution in [0.5, 0.6) is 0 Å². The topological polar surface area (TPSA) is 43.4 Å². The molecule has 0 bridgehead atoms. The smallest absolute Gasteiger partial charge is 0.306 e.